The summed E-state index contributed by atoms with van der Waals surface area (Å²) >= 11 is 0. The van der Waals surface area contributed by atoms with E-state index in [1.807, 2.05) is 0 Å². The molecule has 1 heterocycles. The van der Waals surface area contributed by atoms with Crippen molar-refractivity contribution in [3.8, 4) is 0 Å². The minimum atomic E-state index is -3.18. The number of nitrogens with zero attached hydrogens (tertiary/aromatic N) is 2. The smallest absolute Gasteiger partial charge is 0.311 e. The average molecular weight is 318 g/mol. The Morgan fingerprint density at radius 3 is 2.67 bits per heavy atom. The van der Waals surface area contributed by atoms with Crippen molar-refractivity contribution in [1.29, 1.82) is 0 Å². The number of likely N-dealkylation sites (tertiary alicyclic amines) is 1. The van der Waals surface area contributed by atoms with E-state index >= 15 is 0 Å². The van der Waals surface area contributed by atoms with E-state index in [4.69, 9.17) is 0 Å². The molecule has 0 aromatic rings. The highest BCUT2D eigenvalue weighted by Crippen LogP contribution is 2.34. The van der Waals surface area contributed by atoms with E-state index in [9.17, 15) is 18.3 Å². The summed E-state index contributed by atoms with van der Waals surface area (Å²) in [5.74, 6) is -0.689. The summed E-state index contributed by atoms with van der Waals surface area (Å²) < 4.78 is 24.6. The quantitative estimate of drug-likeness (QED) is 0.676. The molecule has 7 heteroatoms. The number of hydrogen-bond acceptors (Lipinski definition) is 4. The highest BCUT2D eigenvalue weighted by Gasteiger charge is 2.41. The molecule has 0 unspecified atom stereocenters. The molecule has 6 nitrogen and oxygen atoms in total. The van der Waals surface area contributed by atoms with Crippen LogP contribution in [0.15, 0.2) is 12.7 Å². The van der Waals surface area contributed by atoms with E-state index in [1.165, 1.54) is 18.4 Å². The summed E-state index contributed by atoms with van der Waals surface area (Å²) in [5, 5.41) is 9.49. The zero-order valence-electron chi connectivity index (χ0n) is 12.9. The lowest BCUT2D eigenvalue weighted by molar-refractivity contribution is -0.152. The molecule has 0 spiro atoms. The number of allylic oxidation sites excluding steroid dienone is 1. The molecule has 0 saturated carbocycles. The molecule has 1 aliphatic rings. The second-order valence-corrected chi connectivity index (χ2v) is 8.21. The first kappa shape index (κ1) is 18.1. The minimum absolute atomic E-state index is 0.0953. The Morgan fingerprint density at radius 1 is 1.48 bits per heavy atom. The molecule has 0 radical (unpaired) electrons. The Kier molecular flexibility index (Phi) is 6.37. The lowest BCUT2D eigenvalue weighted by Crippen LogP contribution is -2.48. The van der Waals surface area contributed by atoms with Gasteiger partial charge in [0.1, 0.15) is 0 Å². The molecular formula is C14H26N2O4S. The Bertz CT molecular complexity index is 475. The molecule has 0 aromatic heterocycles. The van der Waals surface area contributed by atoms with Gasteiger partial charge in [-0.25, -0.2) is 12.7 Å². The van der Waals surface area contributed by atoms with Gasteiger partial charge in [0.2, 0.25) is 10.0 Å². The van der Waals surface area contributed by atoms with Crippen molar-refractivity contribution in [3.05, 3.63) is 12.7 Å². The van der Waals surface area contributed by atoms with Crippen molar-refractivity contribution in [2.24, 2.45) is 5.41 Å². The van der Waals surface area contributed by atoms with E-state index in [-0.39, 0.29) is 5.75 Å². The lowest BCUT2D eigenvalue weighted by Gasteiger charge is -2.39. The van der Waals surface area contributed by atoms with Crippen LogP contribution in [0.2, 0.25) is 0 Å². The first-order valence-corrected chi connectivity index (χ1v) is 8.81. The van der Waals surface area contributed by atoms with Crippen molar-refractivity contribution < 1.29 is 18.3 Å². The van der Waals surface area contributed by atoms with Gasteiger partial charge in [-0.15, -0.1) is 6.58 Å². The summed E-state index contributed by atoms with van der Waals surface area (Å²) in [6.45, 7) is 5.56. The van der Waals surface area contributed by atoms with Crippen LogP contribution in [0.1, 0.15) is 25.7 Å². The van der Waals surface area contributed by atoms with Gasteiger partial charge in [-0.05, 0) is 38.8 Å². The molecule has 1 aliphatic heterocycles. The van der Waals surface area contributed by atoms with Crippen LogP contribution in [0.5, 0.6) is 0 Å². The predicted octanol–water partition coefficient (Wildman–Crippen LogP) is 1.01. The number of carboxylic acids is 1. The lowest BCUT2D eigenvalue weighted by atomic mass is 9.77. The van der Waals surface area contributed by atoms with E-state index in [0.717, 1.165) is 13.0 Å². The van der Waals surface area contributed by atoms with Crippen molar-refractivity contribution in [1.82, 2.24) is 9.21 Å². The molecule has 1 fully saturated rings. The summed E-state index contributed by atoms with van der Waals surface area (Å²) in [5.41, 5.74) is -0.763. The number of piperidine rings is 1. The summed E-state index contributed by atoms with van der Waals surface area (Å²) in [6.07, 6.45) is 4.11. The Morgan fingerprint density at radius 2 is 2.14 bits per heavy atom. The normalized spacial score (nSPS) is 24.1. The summed E-state index contributed by atoms with van der Waals surface area (Å²) in [7, 11) is -0.133. The van der Waals surface area contributed by atoms with Crippen LogP contribution in [0.25, 0.3) is 0 Å². The monoisotopic (exact) mass is 318 g/mol. The van der Waals surface area contributed by atoms with E-state index < -0.39 is 21.4 Å². The average Bonchev–Trinajstić information content (AvgIpc) is 2.39. The Labute approximate surface area is 127 Å². The van der Waals surface area contributed by atoms with Crippen molar-refractivity contribution in [3.63, 3.8) is 0 Å². The van der Waals surface area contributed by atoms with Gasteiger partial charge in [-0.1, -0.05) is 6.08 Å². The van der Waals surface area contributed by atoms with E-state index in [2.05, 4.69) is 11.5 Å². The molecule has 1 N–H and O–H groups in total. The van der Waals surface area contributed by atoms with Crippen LogP contribution in [0.4, 0.5) is 0 Å². The molecular weight excluding hydrogens is 292 g/mol. The molecule has 122 valence electrons. The maximum Gasteiger partial charge on any atom is 0.311 e. The van der Waals surface area contributed by atoms with Gasteiger partial charge in [-0.3, -0.25) is 4.79 Å². The number of rotatable bonds is 8. The fraction of sp³-hybridized carbons (Fsp3) is 0.786. The van der Waals surface area contributed by atoms with Crippen LogP contribution in [-0.2, 0) is 14.8 Å². The molecule has 0 bridgehead atoms. The minimum Gasteiger partial charge on any atom is -0.481 e. The van der Waals surface area contributed by atoms with Gasteiger partial charge in [-0.2, -0.15) is 0 Å². The fourth-order valence-corrected chi connectivity index (χ4v) is 3.64. The van der Waals surface area contributed by atoms with Gasteiger partial charge in [0.15, 0.2) is 0 Å². The van der Waals surface area contributed by atoms with Crippen LogP contribution >= 0.6 is 0 Å². The molecule has 1 rings (SSSR count). The number of carbonyl (C=O) groups is 1. The molecule has 0 aromatic carbocycles. The van der Waals surface area contributed by atoms with Crippen molar-refractivity contribution >= 4 is 16.0 Å². The van der Waals surface area contributed by atoms with E-state index in [1.54, 1.807) is 6.08 Å². The van der Waals surface area contributed by atoms with Gasteiger partial charge in [0.05, 0.1) is 11.2 Å². The highest BCUT2D eigenvalue weighted by atomic mass is 32.2. The fourth-order valence-electron chi connectivity index (χ4n) is 2.78. The summed E-state index contributed by atoms with van der Waals surface area (Å²) in [6, 6.07) is 0. The largest absolute Gasteiger partial charge is 0.481 e. The van der Waals surface area contributed by atoms with Crippen LogP contribution in [0, 0.1) is 5.41 Å². The third-order valence-corrected chi connectivity index (χ3v) is 5.99. The van der Waals surface area contributed by atoms with Gasteiger partial charge < -0.3 is 10.0 Å². The number of sulfonamides is 1. The second kappa shape index (κ2) is 7.38. The molecule has 0 amide bonds. The Hall–Kier alpha value is -0.920. The predicted molar refractivity (Wildman–Crippen MR) is 82.6 cm³/mol. The highest BCUT2D eigenvalue weighted by molar-refractivity contribution is 7.89. The van der Waals surface area contributed by atoms with Crippen molar-refractivity contribution in [2.75, 3.05) is 39.5 Å². The SMILES string of the molecule is C=CC[C@@]1(C(=O)O)CCCN(CCCS(=O)(=O)N(C)C)C1. The van der Waals surface area contributed by atoms with Crippen LogP contribution < -0.4 is 0 Å². The molecule has 1 saturated heterocycles. The van der Waals surface area contributed by atoms with Crippen LogP contribution in [-0.4, -0.2) is 68.2 Å². The molecule has 1 atom stereocenters. The maximum atomic E-state index is 11.7. The number of hydrogen-bond donors (Lipinski definition) is 1. The van der Waals surface area contributed by atoms with Gasteiger partial charge >= 0.3 is 5.97 Å². The standard InChI is InChI=1S/C14H26N2O4S/c1-4-7-14(13(17)18)8-5-9-16(12-14)10-6-11-21(19,20)15(2)3/h4H,1,5-12H2,2-3H3,(H,17,18)/t14-/m1/s1. The first-order valence-electron chi connectivity index (χ1n) is 7.20. The zero-order valence-corrected chi connectivity index (χ0v) is 13.7. The zero-order chi connectivity index (χ0) is 16.1. The number of aliphatic carboxylic acids is 1. The van der Waals surface area contributed by atoms with E-state index in [0.29, 0.717) is 32.4 Å². The van der Waals surface area contributed by atoms with Gasteiger partial charge in [0.25, 0.3) is 0 Å². The molecule has 21 heavy (non-hydrogen) atoms. The van der Waals surface area contributed by atoms with Crippen molar-refractivity contribution in [2.45, 2.75) is 25.7 Å². The van der Waals surface area contributed by atoms with Gasteiger partial charge in [0, 0.05) is 20.6 Å². The van der Waals surface area contributed by atoms with Crippen LogP contribution in [0.3, 0.4) is 0 Å². The second-order valence-electron chi connectivity index (χ2n) is 5.91. The molecule has 0 aliphatic carbocycles. The topological polar surface area (TPSA) is 77.9 Å². The Balaban J connectivity index is 2.57. The first-order chi connectivity index (χ1) is 9.73. The third kappa shape index (κ3) is 4.79. The maximum absolute atomic E-state index is 11.7. The number of carboxylic acid groups (broad SMARTS) is 1. The third-order valence-electron chi connectivity index (χ3n) is 4.08. The summed E-state index contributed by atoms with van der Waals surface area (Å²) in [4.78, 5) is 13.6.